The Balaban J connectivity index is 1.34. The number of hydrogen-bond acceptors (Lipinski definition) is 5. The molecule has 0 radical (unpaired) electrons. The van der Waals surface area contributed by atoms with Crippen molar-refractivity contribution in [2.75, 3.05) is 10.1 Å². The van der Waals surface area contributed by atoms with Crippen LogP contribution in [0.3, 0.4) is 0 Å². The Bertz CT molecular complexity index is 1970. The van der Waals surface area contributed by atoms with Gasteiger partial charge in [0.2, 0.25) is 0 Å². The summed E-state index contributed by atoms with van der Waals surface area (Å²) in [4.78, 5) is 30.1. The molecule has 2 fully saturated rings. The van der Waals surface area contributed by atoms with Gasteiger partial charge in [0.05, 0.1) is 35.3 Å². The second-order valence-corrected chi connectivity index (χ2v) is 14.5. The first-order valence-corrected chi connectivity index (χ1v) is 18.3. The predicted octanol–water partition coefficient (Wildman–Crippen LogP) is 11.6. The molecule has 0 N–H and O–H groups in total. The van der Waals surface area contributed by atoms with Crippen LogP contribution in [0.15, 0.2) is 158 Å². The zero-order chi connectivity index (χ0) is 35.8. The smallest absolute Gasteiger partial charge is 0.150 e. The highest BCUT2D eigenvalue weighted by atomic mass is 35.5. The van der Waals surface area contributed by atoms with E-state index in [4.69, 9.17) is 32.9 Å². The zero-order valence-corrected chi connectivity index (χ0v) is 30.4. The monoisotopic (exact) mass is 724 g/mol. The number of ketones is 1. The fourth-order valence-electron chi connectivity index (χ4n) is 7.61. The number of aryl methyl sites for hydroxylation is 2. The van der Waals surface area contributed by atoms with Crippen molar-refractivity contribution < 1.29 is 14.5 Å². The molecule has 260 valence electrons. The van der Waals surface area contributed by atoms with Crippen molar-refractivity contribution in [2.24, 2.45) is 11.8 Å². The Kier molecular flexibility index (Phi) is 9.61. The second-order valence-electron chi connectivity index (χ2n) is 13.6. The van der Waals surface area contributed by atoms with Crippen molar-refractivity contribution in [3.8, 4) is 0 Å². The lowest BCUT2D eigenvalue weighted by atomic mass is 9.73. The fraction of sp³-hybridized carbons (Fsp3) is 0.178. The van der Waals surface area contributed by atoms with Gasteiger partial charge >= 0.3 is 0 Å². The number of rotatable bonds is 8. The summed E-state index contributed by atoms with van der Waals surface area (Å²) in [5.74, 6) is -1.25. The third kappa shape index (κ3) is 6.62. The number of benzene rings is 6. The molecule has 0 aromatic heterocycles. The van der Waals surface area contributed by atoms with Crippen molar-refractivity contribution >= 4 is 40.4 Å². The van der Waals surface area contributed by atoms with E-state index in [-0.39, 0.29) is 5.78 Å². The van der Waals surface area contributed by atoms with Crippen LogP contribution in [0.1, 0.15) is 57.7 Å². The molecule has 6 aromatic rings. The van der Waals surface area contributed by atoms with Gasteiger partial charge in [-0.2, -0.15) is 0 Å². The fourth-order valence-corrected chi connectivity index (χ4v) is 7.86. The topological polar surface area (TPSA) is 42.0 Å². The predicted molar refractivity (Wildman–Crippen MR) is 208 cm³/mol. The Morgan fingerprint density at radius 1 is 0.462 bits per heavy atom. The number of anilines is 2. The van der Waals surface area contributed by atoms with Gasteiger partial charge in [-0.05, 0) is 84.6 Å². The van der Waals surface area contributed by atoms with E-state index < -0.39 is 36.1 Å². The van der Waals surface area contributed by atoms with Crippen LogP contribution in [0.25, 0.3) is 0 Å². The first kappa shape index (κ1) is 34.2. The van der Waals surface area contributed by atoms with Crippen LogP contribution in [0, 0.1) is 25.7 Å². The summed E-state index contributed by atoms with van der Waals surface area (Å²) in [6.07, 6.45) is -1.19. The molecule has 0 spiro atoms. The van der Waals surface area contributed by atoms with Gasteiger partial charge in [-0.1, -0.05) is 144 Å². The van der Waals surface area contributed by atoms with E-state index in [0.29, 0.717) is 10.0 Å². The quantitative estimate of drug-likeness (QED) is 0.156. The average molecular weight is 726 g/mol. The number of carbonyl (C=O) groups is 1. The molecule has 2 saturated heterocycles. The van der Waals surface area contributed by atoms with Crippen LogP contribution >= 0.6 is 23.2 Å². The summed E-state index contributed by atoms with van der Waals surface area (Å²) in [6, 6.07) is 51.1. The Labute approximate surface area is 314 Å². The van der Waals surface area contributed by atoms with Crippen LogP contribution in [0.2, 0.25) is 10.0 Å². The van der Waals surface area contributed by atoms with Gasteiger partial charge in [-0.25, -0.2) is 10.1 Å². The maximum Gasteiger partial charge on any atom is 0.150 e. The molecular formula is C45H38Cl2N2O3. The van der Waals surface area contributed by atoms with Gasteiger partial charge in [-0.3, -0.25) is 14.5 Å². The summed E-state index contributed by atoms with van der Waals surface area (Å²) in [7, 11) is 0. The molecule has 2 heterocycles. The molecule has 2 aliphatic rings. The summed E-state index contributed by atoms with van der Waals surface area (Å²) >= 11 is 12.9. The van der Waals surface area contributed by atoms with Crippen LogP contribution < -0.4 is 10.1 Å². The number of hydroxylamine groups is 2. The number of Topliss-reactive ketones (excluding diaryl/α,β-unsaturated/α-hetero) is 1. The van der Waals surface area contributed by atoms with Gasteiger partial charge in [-0.15, -0.1) is 0 Å². The molecule has 2 aliphatic heterocycles. The largest absolute Gasteiger partial charge is 0.299 e. The van der Waals surface area contributed by atoms with Crippen molar-refractivity contribution in [1.29, 1.82) is 0 Å². The molecule has 52 heavy (non-hydrogen) atoms. The third-order valence-corrected chi connectivity index (χ3v) is 10.7. The summed E-state index contributed by atoms with van der Waals surface area (Å²) < 4.78 is 0. The van der Waals surface area contributed by atoms with E-state index >= 15 is 4.79 Å². The third-order valence-electron chi connectivity index (χ3n) is 10.2. The van der Waals surface area contributed by atoms with E-state index in [1.54, 1.807) is 0 Å². The Hall–Kier alpha value is -4.91. The summed E-state index contributed by atoms with van der Waals surface area (Å²) in [6.45, 7) is 4.12. The van der Waals surface area contributed by atoms with Crippen LogP contribution in [0.5, 0.6) is 0 Å². The minimum Gasteiger partial charge on any atom is -0.299 e. The molecule has 0 unspecified atom stereocenters. The lowest BCUT2D eigenvalue weighted by molar-refractivity contribution is -0.131. The first-order chi connectivity index (χ1) is 25.4. The summed E-state index contributed by atoms with van der Waals surface area (Å²) in [5.41, 5.74) is 7.67. The molecule has 6 atom stereocenters. The minimum atomic E-state index is -0.642. The summed E-state index contributed by atoms with van der Waals surface area (Å²) in [5, 5.41) is 5.08. The SMILES string of the molecule is Cc1ccc([C@H]2ON(c3ccccc3)[C@@H](c3ccc(Cl)cc3)[C@@H]2C(=O)[C@@H]2[C@@H](c3ccc(Cl)cc3)N(c3ccccc3)O[C@H]2c2ccc(C)cc2)cc1. The maximum atomic E-state index is 16.1. The van der Waals surface area contributed by atoms with Crippen LogP contribution in [-0.4, -0.2) is 5.78 Å². The van der Waals surface area contributed by atoms with Crippen molar-refractivity contribution in [3.63, 3.8) is 0 Å². The lowest BCUT2D eigenvalue weighted by Crippen LogP contribution is -2.37. The Morgan fingerprint density at radius 2 is 0.788 bits per heavy atom. The second kappa shape index (κ2) is 14.6. The van der Waals surface area contributed by atoms with Gasteiger partial charge in [0.15, 0.2) is 0 Å². The molecule has 0 amide bonds. The van der Waals surface area contributed by atoms with E-state index in [9.17, 15) is 0 Å². The number of para-hydroxylation sites is 2. The normalized spacial score (nSPS) is 22.8. The van der Waals surface area contributed by atoms with Crippen molar-refractivity contribution in [3.05, 3.63) is 201 Å². The van der Waals surface area contributed by atoms with Crippen LogP contribution in [0.4, 0.5) is 11.4 Å². The molecule has 0 saturated carbocycles. The highest BCUT2D eigenvalue weighted by molar-refractivity contribution is 6.30. The highest BCUT2D eigenvalue weighted by Gasteiger charge is 2.57. The van der Waals surface area contributed by atoms with E-state index in [1.165, 1.54) is 0 Å². The van der Waals surface area contributed by atoms with Crippen molar-refractivity contribution in [2.45, 2.75) is 38.1 Å². The van der Waals surface area contributed by atoms with Gasteiger partial charge in [0.25, 0.3) is 0 Å². The molecule has 0 bridgehead atoms. The van der Waals surface area contributed by atoms with E-state index in [1.807, 2.05) is 119 Å². The molecule has 6 aromatic carbocycles. The lowest BCUT2D eigenvalue weighted by Gasteiger charge is -2.31. The van der Waals surface area contributed by atoms with Gasteiger partial charge in [0, 0.05) is 10.0 Å². The first-order valence-electron chi connectivity index (χ1n) is 17.6. The molecule has 0 aliphatic carbocycles. The molecule has 5 nitrogen and oxygen atoms in total. The van der Waals surface area contributed by atoms with E-state index in [0.717, 1.165) is 44.8 Å². The zero-order valence-electron chi connectivity index (χ0n) is 28.9. The number of carbonyl (C=O) groups excluding carboxylic acids is 1. The molecular weight excluding hydrogens is 687 g/mol. The van der Waals surface area contributed by atoms with Crippen LogP contribution in [-0.2, 0) is 14.5 Å². The minimum absolute atomic E-state index is 0.0351. The number of nitrogens with zero attached hydrogens (tertiary/aromatic N) is 2. The average Bonchev–Trinajstić information content (AvgIpc) is 3.77. The number of halogens is 2. The molecule has 7 heteroatoms. The van der Waals surface area contributed by atoms with E-state index in [2.05, 4.69) is 62.4 Å². The Morgan fingerprint density at radius 3 is 1.13 bits per heavy atom. The highest BCUT2D eigenvalue weighted by Crippen LogP contribution is 2.56. The van der Waals surface area contributed by atoms with Gasteiger partial charge in [0.1, 0.15) is 18.0 Å². The van der Waals surface area contributed by atoms with Crippen molar-refractivity contribution in [1.82, 2.24) is 0 Å². The number of hydrogen-bond donors (Lipinski definition) is 0. The maximum absolute atomic E-state index is 16.1. The molecule has 8 rings (SSSR count). The standard InChI is InChI=1S/C45H38Cl2N2O3/c1-29-13-17-33(18-14-29)44-39(41(31-21-25-35(46)26-22-31)48(51-44)37-9-5-3-6-10-37)43(50)40-42(32-23-27-36(47)28-24-32)49(38-11-7-4-8-12-38)52-45(40)34-19-15-30(2)16-20-34/h3-28,39-42,44-45H,1-2H3/t39-,40+,41+,42-,44-,45+. The van der Waals surface area contributed by atoms with Gasteiger partial charge < -0.3 is 0 Å².